The summed E-state index contributed by atoms with van der Waals surface area (Å²) in [6, 6.07) is 3.94. The predicted octanol–water partition coefficient (Wildman–Crippen LogP) is 2.42. The van der Waals surface area contributed by atoms with Gasteiger partial charge in [0.1, 0.15) is 0 Å². The van der Waals surface area contributed by atoms with Gasteiger partial charge in [-0.3, -0.25) is 4.79 Å². The molecule has 0 aliphatic rings. The molecule has 0 aliphatic heterocycles. The molecule has 0 heterocycles. The van der Waals surface area contributed by atoms with Crippen molar-refractivity contribution in [2.24, 2.45) is 0 Å². The molecular formula is C15H23BrN2O3. The summed E-state index contributed by atoms with van der Waals surface area (Å²) in [5.41, 5.74) is 1.07. The van der Waals surface area contributed by atoms with E-state index in [1.165, 1.54) is 0 Å². The standard InChI is InChI=1S/C15H23BrN2O3/c1-5-21-15-12(16)8-11(9-13(15)20-4)10-17-7-6-14(19)18(2)3/h8-9,17H,5-7,10H2,1-4H3. The van der Waals surface area contributed by atoms with E-state index in [2.05, 4.69) is 21.2 Å². The first-order valence-corrected chi connectivity index (χ1v) is 7.69. The third-order valence-corrected chi connectivity index (χ3v) is 3.51. The van der Waals surface area contributed by atoms with Crippen LogP contribution >= 0.6 is 15.9 Å². The highest BCUT2D eigenvalue weighted by Crippen LogP contribution is 2.36. The molecule has 1 aromatic carbocycles. The fraction of sp³-hybridized carbons (Fsp3) is 0.533. The Morgan fingerprint density at radius 2 is 2.10 bits per heavy atom. The number of ether oxygens (including phenoxy) is 2. The van der Waals surface area contributed by atoms with E-state index in [0.717, 1.165) is 10.0 Å². The maximum atomic E-state index is 11.5. The highest BCUT2D eigenvalue weighted by atomic mass is 79.9. The summed E-state index contributed by atoms with van der Waals surface area (Å²) in [5, 5.41) is 3.25. The number of benzene rings is 1. The predicted molar refractivity (Wildman–Crippen MR) is 86.9 cm³/mol. The summed E-state index contributed by atoms with van der Waals surface area (Å²) in [4.78, 5) is 13.1. The lowest BCUT2D eigenvalue weighted by molar-refractivity contribution is -0.128. The van der Waals surface area contributed by atoms with E-state index >= 15 is 0 Å². The van der Waals surface area contributed by atoms with E-state index in [9.17, 15) is 4.79 Å². The van der Waals surface area contributed by atoms with E-state index in [-0.39, 0.29) is 5.91 Å². The van der Waals surface area contributed by atoms with Crippen LogP contribution in [0.25, 0.3) is 0 Å². The van der Waals surface area contributed by atoms with Crippen molar-refractivity contribution in [3.05, 3.63) is 22.2 Å². The van der Waals surface area contributed by atoms with Crippen LogP contribution in [0.15, 0.2) is 16.6 Å². The van der Waals surface area contributed by atoms with Crippen LogP contribution in [-0.4, -0.2) is 45.2 Å². The molecule has 21 heavy (non-hydrogen) atoms. The molecule has 1 aromatic rings. The Labute approximate surface area is 134 Å². The summed E-state index contributed by atoms with van der Waals surface area (Å²) in [7, 11) is 5.14. The van der Waals surface area contributed by atoms with Crippen LogP contribution in [0.1, 0.15) is 18.9 Å². The number of carbonyl (C=O) groups is 1. The second-order valence-electron chi connectivity index (χ2n) is 4.76. The van der Waals surface area contributed by atoms with Crippen molar-refractivity contribution in [2.45, 2.75) is 19.9 Å². The summed E-state index contributed by atoms with van der Waals surface area (Å²) in [6.07, 6.45) is 0.488. The molecule has 1 N–H and O–H groups in total. The number of hydrogen-bond donors (Lipinski definition) is 1. The zero-order chi connectivity index (χ0) is 15.8. The highest BCUT2D eigenvalue weighted by Gasteiger charge is 2.11. The first-order valence-electron chi connectivity index (χ1n) is 6.89. The maximum absolute atomic E-state index is 11.5. The van der Waals surface area contributed by atoms with E-state index in [0.29, 0.717) is 37.6 Å². The molecule has 0 saturated heterocycles. The number of hydrogen-bond acceptors (Lipinski definition) is 4. The lowest BCUT2D eigenvalue weighted by Crippen LogP contribution is -2.26. The van der Waals surface area contributed by atoms with Gasteiger partial charge in [0.2, 0.25) is 5.91 Å². The van der Waals surface area contributed by atoms with Gasteiger partial charge in [0, 0.05) is 33.6 Å². The van der Waals surface area contributed by atoms with Crippen LogP contribution in [0.5, 0.6) is 11.5 Å². The zero-order valence-corrected chi connectivity index (χ0v) is 14.6. The number of nitrogens with one attached hydrogen (secondary N) is 1. The van der Waals surface area contributed by atoms with Gasteiger partial charge in [-0.15, -0.1) is 0 Å². The molecule has 1 amide bonds. The minimum Gasteiger partial charge on any atom is -0.493 e. The summed E-state index contributed by atoms with van der Waals surface area (Å²) in [6.45, 7) is 3.83. The molecule has 0 radical (unpaired) electrons. The molecule has 0 aliphatic carbocycles. The molecule has 0 bridgehead atoms. The number of methoxy groups -OCH3 is 1. The van der Waals surface area contributed by atoms with Crippen molar-refractivity contribution in [3.63, 3.8) is 0 Å². The number of nitrogens with zero attached hydrogens (tertiary/aromatic N) is 1. The Kier molecular flexibility index (Phi) is 7.53. The SMILES string of the molecule is CCOc1c(Br)cc(CNCCC(=O)N(C)C)cc1OC. The molecule has 0 atom stereocenters. The molecule has 6 heteroatoms. The molecule has 1 rings (SSSR count). The normalized spacial score (nSPS) is 10.3. The molecule has 0 spiro atoms. The number of carbonyl (C=O) groups excluding carboxylic acids is 1. The highest BCUT2D eigenvalue weighted by molar-refractivity contribution is 9.10. The van der Waals surface area contributed by atoms with Crippen molar-refractivity contribution >= 4 is 21.8 Å². The van der Waals surface area contributed by atoms with Crippen LogP contribution in [0.3, 0.4) is 0 Å². The maximum Gasteiger partial charge on any atom is 0.223 e. The fourth-order valence-corrected chi connectivity index (χ4v) is 2.42. The second-order valence-corrected chi connectivity index (χ2v) is 5.61. The first kappa shape index (κ1) is 17.8. The summed E-state index contributed by atoms with van der Waals surface area (Å²) < 4.78 is 11.8. The van der Waals surface area contributed by atoms with E-state index in [1.54, 1.807) is 26.1 Å². The van der Waals surface area contributed by atoms with Crippen LogP contribution in [0.2, 0.25) is 0 Å². The largest absolute Gasteiger partial charge is 0.493 e. The molecular weight excluding hydrogens is 336 g/mol. The van der Waals surface area contributed by atoms with Gasteiger partial charge < -0.3 is 19.7 Å². The van der Waals surface area contributed by atoms with Gasteiger partial charge in [0.25, 0.3) is 0 Å². The van der Waals surface area contributed by atoms with Crippen LogP contribution in [-0.2, 0) is 11.3 Å². The zero-order valence-electron chi connectivity index (χ0n) is 13.0. The minimum atomic E-state index is 0.118. The third-order valence-electron chi connectivity index (χ3n) is 2.92. The average molecular weight is 359 g/mol. The van der Waals surface area contributed by atoms with Gasteiger partial charge in [0.05, 0.1) is 18.2 Å². The lowest BCUT2D eigenvalue weighted by Gasteiger charge is -2.14. The monoisotopic (exact) mass is 358 g/mol. The van der Waals surface area contributed by atoms with Crippen molar-refractivity contribution < 1.29 is 14.3 Å². The van der Waals surface area contributed by atoms with Crippen LogP contribution < -0.4 is 14.8 Å². The molecule has 0 fully saturated rings. The van der Waals surface area contributed by atoms with Gasteiger partial charge in [0.15, 0.2) is 11.5 Å². The third kappa shape index (κ3) is 5.55. The minimum absolute atomic E-state index is 0.118. The van der Waals surface area contributed by atoms with Crippen molar-refractivity contribution in [1.29, 1.82) is 0 Å². The van der Waals surface area contributed by atoms with Gasteiger partial charge in [-0.25, -0.2) is 0 Å². The van der Waals surface area contributed by atoms with Crippen molar-refractivity contribution in [2.75, 3.05) is 34.4 Å². The summed E-state index contributed by atoms with van der Waals surface area (Å²) >= 11 is 3.50. The van der Waals surface area contributed by atoms with E-state index in [4.69, 9.17) is 9.47 Å². The van der Waals surface area contributed by atoms with E-state index < -0.39 is 0 Å². The number of rotatable bonds is 8. The molecule has 0 aromatic heterocycles. The summed E-state index contributed by atoms with van der Waals surface area (Å²) in [5.74, 6) is 1.53. The van der Waals surface area contributed by atoms with Crippen LogP contribution in [0.4, 0.5) is 0 Å². The van der Waals surface area contributed by atoms with Crippen LogP contribution in [0, 0.1) is 0 Å². The van der Waals surface area contributed by atoms with Crippen molar-refractivity contribution in [3.8, 4) is 11.5 Å². The Bertz CT molecular complexity index is 478. The first-order chi connectivity index (χ1) is 9.99. The Morgan fingerprint density at radius 1 is 1.38 bits per heavy atom. The Morgan fingerprint density at radius 3 is 2.67 bits per heavy atom. The van der Waals surface area contributed by atoms with E-state index in [1.807, 2.05) is 19.1 Å². The second kappa shape index (κ2) is 8.89. The van der Waals surface area contributed by atoms with Gasteiger partial charge >= 0.3 is 0 Å². The Balaban J connectivity index is 2.60. The van der Waals surface area contributed by atoms with Gasteiger partial charge in [-0.1, -0.05) is 0 Å². The van der Waals surface area contributed by atoms with Gasteiger partial charge in [-0.05, 0) is 40.5 Å². The fourth-order valence-electron chi connectivity index (χ4n) is 1.81. The van der Waals surface area contributed by atoms with Gasteiger partial charge in [-0.2, -0.15) is 0 Å². The quantitative estimate of drug-likeness (QED) is 0.725. The van der Waals surface area contributed by atoms with Crippen molar-refractivity contribution in [1.82, 2.24) is 10.2 Å². The molecule has 0 saturated carbocycles. The molecule has 118 valence electrons. The lowest BCUT2D eigenvalue weighted by atomic mass is 10.2. The Hall–Kier alpha value is -1.27. The average Bonchev–Trinajstić information content (AvgIpc) is 2.45. The molecule has 0 unspecified atom stereocenters. The smallest absolute Gasteiger partial charge is 0.223 e. The molecule has 5 nitrogen and oxygen atoms in total. The topological polar surface area (TPSA) is 50.8 Å². The number of halogens is 1. The number of amides is 1.